The molecule has 0 radical (unpaired) electrons. The summed E-state index contributed by atoms with van der Waals surface area (Å²) in [5.41, 5.74) is -0.112. The Balaban J connectivity index is 1.85. The molecule has 1 amide bonds. The molecular weight excluding hydrogens is 290 g/mol. The van der Waals surface area contributed by atoms with Crippen LogP contribution < -0.4 is 10.6 Å². The first-order valence-corrected chi connectivity index (χ1v) is 7.86. The fourth-order valence-corrected chi connectivity index (χ4v) is 3.67. The van der Waals surface area contributed by atoms with E-state index < -0.39 is 33.4 Å². The summed E-state index contributed by atoms with van der Waals surface area (Å²) in [5.74, 6) is -1.76. The lowest BCUT2D eigenvalue weighted by Gasteiger charge is -2.12. The van der Waals surface area contributed by atoms with Crippen molar-refractivity contribution in [1.82, 2.24) is 5.32 Å². The molecule has 1 fully saturated rings. The van der Waals surface area contributed by atoms with Crippen LogP contribution in [0.4, 0.5) is 14.5 Å². The topological polar surface area (TPSA) is 75.3 Å². The molecule has 1 aromatic rings. The normalized spacial score (nSPS) is 20.6. The second-order valence-electron chi connectivity index (χ2n) is 4.65. The smallest absolute Gasteiger partial charge is 0.239 e. The molecule has 1 aromatic carbocycles. The predicted molar refractivity (Wildman–Crippen MR) is 70.0 cm³/mol. The Hall–Kier alpha value is -1.70. The van der Waals surface area contributed by atoms with Gasteiger partial charge in [-0.2, -0.15) is 0 Å². The summed E-state index contributed by atoms with van der Waals surface area (Å²) >= 11 is 0. The van der Waals surface area contributed by atoms with E-state index in [-0.39, 0.29) is 23.7 Å². The summed E-state index contributed by atoms with van der Waals surface area (Å²) < 4.78 is 48.6. The Labute approximate surface area is 115 Å². The highest BCUT2D eigenvalue weighted by Crippen LogP contribution is 2.15. The average molecular weight is 304 g/mol. The largest absolute Gasteiger partial charge is 0.374 e. The number of sulfone groups is 1. The van der Waals surface area contributed by atoms with Gasteiger partial charge in [0.2, 0.25) is 5.91 Å². The second-order valence-corrected chi connectivity index (χ2v) is 6.87. The molecule has 0 unspecified atom stereocenters. The standard InChI is InChI=1S/C12H14F2N2O3S/c13-8-1-2-10(14)11(5-8)15-6-12(17)16-9-3-4-20(18,19)7-9/h1-2,5,9,15H,3-4,6-7H2,(H,16,17)/t9-/m1/s1. The lowest BCUT2D eigenvalue weighted by atomic mass is 10.2. The summed E-state index contributed by atoms with van der Waals surface area (Å²) in [6.45, 7) is -0.253. The number of hydrogen-bond acceptors (Lipinski definition) is 4. The lowest BCUT2D eigenvalue weighted by Crippen LogP contribution is -2.39. The fourth-order valence-electron chi connectivity index (χ4n) is 2.00. The molecule has 1 aliphatic rings. The molecule has 0 bridgehead atoms. The van der Waals surface area contributed by atoms with Crippen LogP contribution in [0.3, 0.4) is 0 Å². The van der Waals surface area contributed by atoms with E-state index in [0.717, 1.165) is 18.2 Å². The van der Waals surface area contributed by atoms with Gasteiger partial charge >= 0.3 is 0 Å². The number of anilines is 1. The molecule has 0 spiro atoms. The summed E-state index contributed by atoms with van der Waals surface area (Å²) in [6.07, 6.45) is 0.377. The maximum Gasteiger partial charge on any atom is 0.239 e. The summed E-state index contributed by atoms with van der Waals surface area (Å²) in [7, 11) is -3.07. The molecule has 0 aromatic heterocycles. The monoisotopic (exact) mass is 304 g/mol. The van der Waals surface area contributed by atoms with E-state index in [0.29, 0.717) is 6.42 Å². The van der Waals surface area contributed by atoms with Crippen LogP contribution >= 0.6 is 0 Å². The molecule has 5 nitrogen and oxygen atoms in total. The van der Waals surface area contributed by atoms with Crippen molar-refractivity contribution in [3.63, 3.8) is 0 Å². The molecule has 8 heteroatoms. The van der Waals surface area contributed by atoms with Crippen molar-refractivity contribution < 1.29 is 22.0 Å². The lowest BCUT2D eigenvalue weighted by molar-refractivity contribution is -0.119. The van der Waals surface area contributed by atoms with Crippen molar-refractivity contribution >= 4 is 21.4 Å². The number of rotatable bonds is 4. The molecule has 2 rings (SSSR count). The minimum atomic E-state index is -3.07. The molecule has 0 saturated carbocycles. The third-order valence-corrected chi connectivity index (χ3v) is 4.73. The highest BCUT2D eigenvalue weighted by atomic mass is 32.2. The van der Waals surface area contributed by atoms with Gasteiger partial charge in [-0.1, -0.05) is 0 Å². The predicted octanol–water partition coefficient (Wildman–Crippen LogP) is 0.680. The van der Waals surface area contributed by atoms with E-state index in [1.807, 2.05) is 0 Å². The molecule has 1 heterocycles. The Morgan fingerprint density at radius 2 is 2.10 bits per heavy atom. The maximum atomic E-state index is 13.3. The van der Waals surface area contributed by atoms with Gasteiger partial charge in [-0.25, -0.2) is 17.2 Å². The van der Waals surface area contributed by atoms with Crippen molar-refractivity contribution in [2.75, 3.05) is 23.4 Å². The number of nitrogens with one attached hydrogen (secondary N) is 2. The number of carbonyl (C=O) groups excluding carboxylic acids is 1. The van der Waals surface area contributed by atoms with Crippen LogP contribution in [-0.4, -0.2) is 38.4 Å². The number of amides is 1. The van der Waals surface area contributed by atoms with Crippen LogP contribution in [-0.2, 0) is 14.6 Å². The second kappa shape index (κ2) is 5.74. The van der Waals surface area contributed by atoms with E-state index in [1.54, 1.807) is 0 Å². The average Bonchev–Trinajstić information content (AvgIpc) is 2.70. The van der Waals surface area contributed by atoms with Crippen molar-refractivity contribution in [2.45, 2.75) is 12.5 Å². The maximum absolute atomic E-state index is 13.3. The van der Waals surface area contributed by atoms with E-state index >= 15 is 0 Å². The summed E-state index contributed by atoms with van der Waals surface area (Å²) in [4.78, 5) is 11.6. The SMILES string of the molecule is O=C(CNc1cc(F)ccc1F)N[C@@H]1CCS(=O)(=O)C1. The van der Waals surface area contributed by atoms with Gasteiger partial charge in [-0.05, 0) is 24.6 Å². The minimum absolute atomic E-state index is 0.0594. The molecule has 1 aliphatic heterocycles. The van der Waals surface area contributed by atoms with Crippen molar-refractivity contribution in [3.8, 4) is 0 Å². The van der Waals surface area contributed by atoms with Gasteiger partial charge in [0.05, 0.1) is 23.7 Å². The molecule has 0 aliphatic carbocycles. The van der Waals surface area contributed by atoms with E-state index in [4.69, 9.17) is 0 Å². The van der Waals surface area contributed by atoms with Crippen LogP contribution in [0.1, 0.15) is 6.42 Å². The Morgan fingerprint density at radius 1 is 1.35 bits per heavy atom. The zero-order valence-corrected chi connectivity index (χ0v) is 11.3. The first-order valence-electron chi connectivity index (χ1n) is 6.04. The Kier molecular flexibility index (Phi) is 4.22. The van der Waals surface area contributed by atoms with Gasteiger partial charge in [0.15, 0.2) is 9.84 Å². The Morgan fingerprint density at radius 3 is 2.75 bits per heavy atom. The van der Waals surface area contributed by atoms with Crippen molar-refractivity contribution in [2.24, 2.45) is 0 Å². The van der Waals surface area contributed by atoms with Crippen molar-refractivity contribution in [1.29, 1.82) is 0 Å². The van der Waals surface area contributed by atoms with E-state index in [1.165, 1.54) is 0 Å². The Bertz CT molecular complexity index is 619. The van der Waals surface area contributed by atoms with Crippen LogP contribution in [0.15, 0.2) is 18.2 Å². The molecule has 20 heavy (non-hydrogen) atoms. The molecule has 110 valence electrons. The zero-order chi connectivity index (χ0) is 14.8. The number of benzene rings is 1. The third kappa shape index (κ3) is 3.89. The van der Waals surface area contributed by atoms with Crippen LogP contribution in [0, 0.1) is 11.6 Å². The first kappa shape index (κ1) is 14.7. The number of hydrogen-bond donors (Lipinski definition) is 2. The third-order valence-electron chi connectivity index (χ3n) is 2.97. The highest BCUT2D eigenvalue weighted by molar-refractivity contribution is 7.91. The molecular formula is C12H14F2N2O3S. The van der Waals surface area contributed by atoms with Crippen LogP contribution in [0.25, 0.3) is 0 Å². The first-order chi connectivity index (χ1) is 9.35. The number of halogens is 2. The van der Waals surface area contributed by atoms with Crippen LogP contribution in [0.2, 0.25) is 0 Å². The molecule has 1 saturated heterocycles. The van der Waals surface area contributed by atoms with Gasteiger partial charge in [-0.15, -0.1) is 0 Å². The van der Waals surface area contributed by atoms with Gasteiger partial charge in [0.1, 0.15) is 11.6 Å². The molecule has 1 atom stereocenters. The summed E-state index contributed by atoms with van der Waals surface area (Å²) in [5, 5.41) is 5.01. The van der Waals surface area contributed by atoms with Gasteiger partial charge in [0.25, 0.3) is 0 Å². The van der Waals surface area contributed by atoms with Gasteiger partial charge < -0.3 is 10.6 Å². The van der Waals surface area contributed by atoms with E-state index in [2.05, 4.69) is 10.6 Å². The summed E-state index contributed by atoms with van der Waals surface area (Å²) in [6, 6.07) is 2.47. The zero-order valence-electron chi connectivity index (χ0n) is 10.5. The fraction of sp³-hybridized carbons (Fsp3) is 0.417. The van der Waals surface area contributed by atoms with Gasteiger partial charge in [-0.3, -0.25) is 4.79 Å². The minimum Gasteiger partial charge on any atom is -0.374 e. The molecule has 2 N–H and O–H groups in total. The van der Waals surface area contributed by atoms with Gasteiger partial charge in [0, 0.05) is 6.04 Å². The van der Waals surface area contributed by atoms with E-state index in [9.17, 15) is 22.0 Å². The van der Waals surface area contributed by atoms with Crippen LogP contribution in [0.5, 0.6) is 0 Å². The quantitative estimate of drug-likeness (QED) is 0.858. The number of carbonyl (C=O) groups is 1. The van der Waals surface area contributed by atoms with Crippen molar-refractivity contribution in [3.05, 3.63) is 29.8 Å². The highest BCUT2D eigenvalue weighted by Gasteiger charge is 2.28.